The molecule has 0 amide bonds. The number of nitrogens with two attached hydrogens (primary N) is 1. The van der Waals surface area contributed by atoms with Gasteiger partial charge in [0.15, 0.2) is 0 Å². The van der Waals surface area contributed by atoms with E-state index in [0.29, 0.717) is 12.4 Å². The molecule has 1 heterocycles. The van der Waals surface area contributed by atoms with E-state index in [9.17, 15) is 0 Å². The minimum atomic E-state index is -1.99. The Morgan fingerprint density at radius 2 is 1.74 bits per heavy atom. The van der Waals surface area contributed by atoms with Crippen molar-refractivity contribution < 1.29 is 0 Å². The first kappa shape index (κ1) is 16.0. The molecule has 102 valence electrons. The zero-order valence-corrected chi connectivity index (χ0v) is 14.2. The third kappa shape index (κ3) is 3.71. The van der Waals surface area contributed by atoms with Crippen LogP contribution in [0.15, 0.2) is 24.5 Å². The maximum atomic E-state index is 5.70. The van der Waals surface area contributed by atoms with Gasteiger partial charge in [-0.15, -0.1) is 12.4 Å². The third-order valence-corrected chi connectivity index (χ3v) is 7.08. The molecule has 0 saturated carbocycles. The quantitative estimate of drug-likeness (QED) is 0.854. The average Bonchev–Trinajstić information content (AvgIpc) is 2.38. The van der Waals surface area contributed by atoms with E-state index in [-0.39, 0.29) is 12.4 Å². The zero-order valence-electron chi connectivity index (χ0n) is 11.3. The van der Waals surface area contributed by atoms with Crippen LogP contribution in [-0.4, -0.2) is 33.7 Å². The Bertz CT molecular complexity index is 542. The molecule has 0 radical (unpaired) electrons. The molecule has 0 aliphatic rings. The molecule has 19 heavy (non-hydrogen) atoms. The molecule has 0 unspecified atom stereocenters. The number of benzene rings is 1. The Morgan fingerprint density at radius 3 is 2.26 bits per heavy atom. The monoisotopic (exact) mass is 341 g/mol. The van der Waals surface area contributed by atoms with E-state index in [1.807, 2.05) is 0 Å². The van der Waals surface area contributed by atoms with Gasteiger partial charge < -0.3 is 0 Å². The van der Waals surface area contributed by atoms with E-state index in [1.54, 1.807) is 0 Å². The van der Waals surface area contributed by atoms with Crippen molar-refractivity contribution in [1.29, 1.82) is 0 Å². The summed E-state index contributed by atoms with van der Waals surface area (Å²) < 4.78 is 1.35. The molecule has 0 aliphatic heterocycles. The summed E-state index contributed by atoms with van der Waals surface area (Å²) >= 11 is -1.99. The average molecular weight is 340 g/mol. The standard InChI is InChI=1S/C12H17GeN5.ClH/c1-13(2,3)11-5-4-9(7-14)6-10(11)12-17-15-8-16-18-12;/h4-6,8H,7,14H2,1-3H3;1H. The summed E-state index contributed by atoms with van der Waals surface area (Å²) in [5, 5.41) is 15.7. The molecule has 0 saturated heterocycles. The molecule has 1 aromatic heterocycles. The van der Waals surface area contributed by atoms with Crippen LogP contribution < -0.4 is 10.1 Å². The van der Waals surface area contributed by atoms with Crippen LogP contribution in [0.25, 0.3) is 11.4 Å². The van der Waals surface area contributed by atoms with E-state index in [0.717, 1.165) is 11.1 Å². The molecule has 7 heteroatoms. The molecule has 2 aromatic rings. The van der Waals surface area contributed by atoms with Gasteiger partial charge in [-0.2, -0.15) is 0 Å². The third-order valence-electron chi connectivity index (χ3n) is 2.78. The molecule has 2 N–H and O–H groups in total. The Morgan fingerprint density at radius 1 is 1.11 bits per heavy atom. The molecule has 0 aliphatic carbocycles. The van der Waals surface area contributed by atoms with Crippen molar-refractivity contribution in [2.45, 2.75) is 23.8 Å². The van der Waals surface area contributed by atoms with Crippen LogP contribution in [0.5, 0.6) is 0 Å². The van der Waals surface area contributed by atoms with Gasteiger partial charge in [-0.1, -0.05) is 0 Å². The van der Waals surface area contributed by atoms with Crippen LogP contribution in [0.2, 0.25) is 17.3 Å². The minimum absolute atomic E-state index is 0. The van der Waals surface area contributed by atoms with Crippen LogP contribution in [0, 0.1) is 0 Å². The first-order chi connectivity index (χ1) is 8.52. The second-order valence-corrected chi connectivity index (χ2v) is 15.8. The van der Waals surface area contributed by atoms with Gasteiger partial charge in [-0.25, -0.2) is 0 Å². The summed E-state index contributed by atoms with van der Waals surface area (Å²) in [5.74, 6) is 7.60. The maximum absolute atomic E-state index is 5.70. The molecular formula is C12H18ClGeN5. The Kier molecular flexibility index (Phi) is 5.40. The predicted molar refractivity (Wildman–Crippen MR) is 81.2 cm³/mol. The Labute approximate surface area is 121 Å². The van der Waals surface area contributed by atoms with Gasteiger partial charge in [-0.3, -0.25) is 0 Å². The second-order valence-electron chi connectivity index (χ2n) is 5.20. The molecule has 1 aromatic carbocycles. The van der Waals surface area contributed by atoms with Crippen molar-refractivity contribution in [1.82, 2.24) is 20.4 Å². The van der Waals surface area contributed by atoms with Crippen LogP contribution in [0.4, 0.5) is 0 Å². The molecule has 0 spiro atoms. The number of hydrogen-bond donors (Lipinski definition) is 1. The van der Waals surface area contributed by atoms with Crippen molar-refractivity contribution >= 4 is 30.1 Å². The summed E-state index contributed by atoms with van der Waals surface area (Å²) in [7, 11) is 0. The summed E-state index contributed by atoms with van der Waals surface area (Å²) in [4.78, 5) is 0. The van der Waals surface area contributed by atoms with Crippen molar-refractivity contribution in [3.8, 4) is 11.4 Å². The van der Waals surface area contributed by atoms with Crippen molar-refractivity contribution in [3.05, 3.63) is 30.1 Å². The second kappa shape index (κ2) is 6.41. The SMILES string of the molecule is Cl.[CH3][Ge]([CH3])([CH3])[c]1ccc(CN)cc1-c1nncnn1. The Hall–Kier alpha value is -1.05. The van der Waals surface area contributed by atoms with Gasteiger partial charge in [0.05, 0.1) is 0 Å². The first-order valence-corrected chi connectivity index (χ1v) is 13.2. The van der Waals surface area contributed by atoms with E-state index >= 15 is 0 Å². The number of nitrogens with zero attached hydrogens (tertiary/aromatic N) is 4. The molecular weight excluding hydrogens is 322 g/mol. The molecule has 2 rings (SSSR count). The number of halogens is 1. The van der Waals surface area contributed by atoms with E-state index in [2.05, 4.69) is 55.9 Å². The van der Waals surface area contributed by atoms with Crippen molar-refractivity contribution in [3.63, 3.8) is 0 Å². The van der Waals surface area contributed by atoms with Gasteiger partial charge in [0.1, 0.15) is 0 Å². The fraction of sp³-hybridized carbons (Fsp3) is 0.333. The number of rotatable bonds is 3. The fourth-order valence-corrected chi connectivity index (χ4v) is 5.17. The Balaban J connectivity index is 0.00000180. The number of aromatic nitrogens is 4. The van der Waals surface area contributed by atoms with Crippen LogP contribution in [0.1, 0.15) is 5.56 Å². The van der Waals surface area contributed by atoms with Crippen LogP contribution in [0.3, 0.4) is 0 Å². The number of hydrogen-bond acceptors (Lipinski definition) is 5. The normalized spacial score (nSPS) is 10.9. The van der Waals surface area contributed by atoms with Gasteiger partial charge in [0.25, 0.3) is 0 Å². The van der Waals surface area contributed by atoms with Gasteiger partial charge in [0.2, 0.25) is 0 Å². The van der Waals surface area contributed by atoms with Gasteiger partial charge >= 0.3 is 109 Å². The van der Waals surface area contributed by atoms with E-state index < -0.39 is 13.3 Å². The van der Waals surface area contributed by atoms with Crippen molar-refractivity contribution in [2.75, 3.05) is 0 Å². The fourth-order valence-electron chi connectivity index (χ4n) is 1.87. The first-order valence-electron chi connectivity index (χ1n) is 5.86. The zero-order chi connectivity index (χ0) is 13.2. The topological polar surface area (TPSA) is 77.6 Å². The van der Waals surface area contributed by atoms with Crippen LogP contribution in [-0.2, 0) is 6.54 Å². The summed E-state index contributed by atoms with van der Waals surface area (Å²) in [5.41, 5.74) is 7.81. The molecule has 0 bridgehead atoms. The van der Waals surface area contributed by atoms with E-state index in [4.69, 9.17) is 5.73 Å². The molecule has 0 fully saturated rings. The predicted octanol–water partition coefficient (Wildman–Crippen LogP) is 1.36. The van der Waals surface area contributed by atoms with Crippen molar-refractivity contribution in [2.24, 2.45) is 5.73 Å². The summed E-state index contributed by atoms with van der Waals surface area (Å²) in [6, 6.07) is 6.30. The molecule has 5 nitrogen and oxygen atoms in total. The molecule has 0 atom stereocenters. The van der Waals surface area contributed by atoms with E-state index in [1.165, 1.54) is 10.7 Å². The summed E-state index contributed by atoms with van der Waals surface area (Å²) in [6.45, 7) is 0.512. The van der Waals surface area contributed by atoms with Crippen LogP contribution >= 0.6 is 12.4 Å². The summed E-state index contributed by atoms with van der Waals surface area (Å²) in [6.07, 6.45) is 1.34. The van der Waals surface area contributed by atoms with Gasteiger partial charge in [0, 0.05) is 0 Å². The van der Waals surface area contributed by atoms with Gasteiger partial charge in [-0.05, 0) is 0 Å².